The Morgan fingerprint density at radius 3 is 1.26 bits per heavy atom. The van der Waals surface area contributed by atoms with E-state index in [1.54, 1.807) is 27.7 Å². The first-order chi connectivity index (χ1) is 9.00. The van der Waals surface area contributed by atoms with Gasteiger partial charge in [-0.25, -0.2) is 0 Å². The van der Waals surface area contributed by atoms with Crippen molar-refractivity contribution in [1.82, 2.24) is 0 Å². The molecule has 0 N–H and O–H groups in total. The van der Waals surface area contributed by atoms with Crippen LogP contribution in [-0.2, 0) is 28.6 Å². The van der Waals surface area contributed by atoms with Gasteiger partial charge in [-0.3, -0.25) is 14.4 Å². The Balaban J connectivity index is 5.51. The molecule has 0 aromatic carbocycles. The number of carbonyl (C=O) groups is 3. The molecule has 110 valence electrons. The van der Waals surface area contributed by atoms with Crippen LogP contribution in [0.25, 0.3) is 0 Å². The SMILES string of the molecule is CCCC(C(=O)OCC)(C(=O)OCC)C(=O)OCC. The molecule has 0 aliphatic heterocycles. The average molecular weight is 274 g/mol. The molecule has 0 radical (unpaired) electrons. The normalized spacial score (nSPS) is 10.7. The summed E-state index contributed by atoms with van der Waals surface area (Å²) in [6.45, 7) is 6.78. The quantitative estimate of drug-likeness (QED) is 0.379. The molecular formula is C13H22O6. The average Bonchev–Trinajstić information content (AvgIpc) is 2.36. The zero-order chi connectivity index (χ0) is 14.9. The maximum Gasteiger partial charge on any atom is 0.335 e. The van der Waals surface area contributed by atoms with E-state index in [9.17, 15) is 14.4 Å². The largest absolute Gasteiger partial charge is 0.465 e. The first kappa shape index (κ1) is 17.4. The van der Waals surface area contributed by atoms with Crippen LogP contribution in [0.15, 0.2) is 0 Å². The lowest BCUT2D eigenvalue weighted by molar-refractivity contribution is -0.184. The Labute approximate surface area is 113 Å². The molecule has 0 heterocycles. The lowest BCUT2D eigenvalue weighted by atomic mass is 9.83. The Bertz CT molecular complexity index is 278. The molecule has 0 saturated heterocycles. The van der Waals surface area contributed by atoms with E-state index in [0.29, 0.717) is 6.42 Å². The van der Waals surface area contributed by atoms with Crippen LogP contribution in [0.4, 0.5) is 0 Å². The third-order valence-corrected chi connectivity index (χ3v) is 2.50. The third kappa shape index (κ3) is 3.94. The van der Waals surface area contributed by atoms with Gasteiger partial charge >= 0.3 is 17.9 Å². The van der Waals surface area contributed by atoms with Gasteiger partial charge in [0.2, 0.25) is 0 Å². The highest BCUT2D eigenvalue weighted by Crippen LogP contribution is 2.30. The van der Waals surface area contributed by atoms with E-state index in [2.05, 4.69) is 0 Å². The van der Waals surface area contributed by atoms with Crippen LogP contribution in [0, 0.1) is 5.41 Å². The maximum absolute atomic E-state index is 12.1. The standard InChI is InChI=1S/C13H22O6/c1-5-9-13(10(14)17-6-2,11(15)18-7-3)12(16)19-8-4/h5-9H2,1-4H3. The van der Waals surface area contributed by atoms with E-state index < -0.39 is 23.3 Å². The molecule has 0 amide bonds. The van der Waals surface area contributed by atoms with E-state index in [0.717, 1.165) is 0 Å². The summed E-state index contributed by atoms with van der Waals surface area (Å²) in [6, 6.07) is 0. The second-order valence-corrected chi connectivity index (χ2v) is 3.82. The summed E-state index contributed by atoms with van der Waals surface area (Å²) in [6.07, 6.45) is 0.444. The molecule has 19 heavy (non-hydrogen) atoms. The second kappa shape index (κ2) is 8.50. The van der Waals surface area contributed by atoms with Crippen LogP contribution in [0.1, 0.15) is 40.5 Å². The van der Waals surface area contributed by atoms with Gasteiger partial charge in [-0.1, -0.05) is 13.3 Å². The molecule has 0 saturated carbocycles. The summed E-state index contributed by atoms with van der Waals surface area (Å²) in [7, 11) is 0. The molecule has 6 heteroatoms. The lowest BCUT2D eigenvalue weighted by Gasteiger charge is -2.26. The molecule has 6 nitrogen and oxygen atoms in total. The van der Waals surface area contributed by atoms with E-state index >= 15 is 0 Å². The second-order valence-electron chi connectivity index (χ2n) is 3.82. The number of esters is 3. The van der Waals surface area contributed by atoms with Gasteiger partial charge in [0.05, 0.1) is 19.8 Å². The molecule has 0 aliphatic carbocycles. The topological polar surface area (TPSA) is 78.9 Å². The Kier molecular flexibility index (Phi) is 7.79. The maximum atomic E-state index is 12.1. The first-order valence-electron chi connectivity index (χ1n) is 6.52. The zero-order valence-electron chi connectivity index (χ0n) is 12.0. The number of ether oxygens (including phenoxy) is 3. The summed E-state index contributed by atoms with van der Waals surface area (Å²) in [5.74, 6) is -2.73. The lowest BCUT2D eigenvalue weighted by Crippen LogP contribution is -2.49. The van der Waals surface area contributed by atoms with Crippen molar-refractivity contribution in [2.24, 2.45) is 5.41 Å². The van der Waals surface area contributed by atoms with Crippen molar-refractivity contribution >= 4 is 17.9 Å². The highest BCUT2D eigenvalue weighted by atomic mass is 16.6. The smallest absolute Gasteiger partial charge is 0.335 e. The van der Waals surface area contributed by atoms with E-state index in [4.69, 9.17) is 14.2 Å². The third-order valence-electron chi connectivity index (χ3n) is 2.50. The van der Waals surface area contributed by atoms with Crippen molar-refractivity contribution in [2.45, 2.75) is 40.5 Å². The minimum Gasteiger partial charge on any atom is -0.465 e. The first-order valence-corrected chi connectivity index (χ1v) is 6.52. The van der Waals surface area contributed by atoms with Gasteiger partial charge in [0.15, 0.2) is 0 Å². The van der Waals surface area contributed by atoms with Gasteiger partial charge in [-0.05, 0) is 27.2 Å². The molecular weight excluding hydrogens is 252 g/mol. The molecule has 0 bridgehead atoms. The minimum atomic E-state index is -2.00. The Morgan fingerprint density at radius 1 is 0.737 bits per heavy atom. The molecule has 0 aromatic heterocycles. The minimum absolute atomic E-state index is 0.00347. The van der Waals surface area contributed by atoms with Gasteiger partial charge in [0, 0.05) is 0 Å². The summed E-state index contributed by atoms with van der Waals surface area (Å²) in [4.78, 5) is 36.2. The van der Waals surface area contributed by atoms with Crippen molar-refractivity contribution in [1.29, 1.82) is 0 Å². The molecule has 0 aromatic rings. The van der Waals surface area contributed by atoms with Crippen molar-refractivity contribution < 1.29 is 28.6 Å². The van der Waals surface area contributed by atoms with E-state index in [-0.39, 0.29) is 26.2 Å². The number of hydrogen-bond donors (Lipinski definition) is 0. The van der Waals surface area contributed by atoms with Crippen molar-refractivity contribution in [3.63, 3.8) is 0 Å². The fraction of sp³-hybridized carbons (Fsp3) is 0.769. The van der Waals surface area contributed by atoms with Crippen molar-refractivity contribution in [3.8, 4) is 0 Å². The van der Waals surface area contributed by atoms with Crippen LogP contribution >= 0.6 is 0 Å². The van der Waals surface area contributed by atoms with Crippen molar-refractivity contribution in [2.75, 3.05) is 19.8 Å². The van der Waals surface area contributed by atoms with Crippen molar-refractivity contribution in [3.05, 3.63) is 0 Å². The fourth-order valence-electron chi connectivity index (χ4n) is 1.69. The van der Waals surface area contributed by atoms with Gasteiger partial charge < -0.3 is 14.2 Å². The van der Waals surface area contributed by atoms with Gasteiger partial charge in [-0.2, -0.15) is 0 Å². The zero-order valence-corrected chi connectivity index (χ0v) is 12.0. The number of rotatable bonds is 8. The predicted octanol–water partition coefficient (Wildman–Crippen LogP) is 1.46. The summed E-state index contributed by atoms with van der Waals surface area (Å²) >= 11 is 0. The number of hydrogen-bond acceptors (Lipinski definition) is 6. The Morgan fingerprint density at radius 2 is 1.05 bits per heavy atom. The van der Waals surface area contributed by atoms with Crippen LogP contribution in [0.2, 0.25) is 0 Å². The number of carbonyl (C=O) groups excluding carboxylic acids is 3. The van der Waals surface area contributed by atoms with E-state index in [1.165, 1.54) is 0 Å². The highest BCUT2D eigenvalue weighted by Gasteiger charge is 2.56. The molecule has 0 fully saturated rings. The fourth-order valence-corrected chi connectivity index (χ4v) is 1.69. The van der Waals surface area contributed by atoms with Gasteiger partial charge in [0.1, 0.15) is 0 Å². The van der Waals surface area contributed by atoms with Crippen LogP contribution in [0.5, 0.6) is 0 Å². The molecule has 0 spiro atoms. The van der Waals surface area contributed by atoms with Gasteiger partial charge in [0.25, 0.3) is 5.41 Å². The molecule has 0 unspecified atom stereocenters. The molecule has 0 aliphatic rings. The highest BCUT2D eigenvalue weighted by molar-refractivity contribution is 6.17. The van der Waals surface area contributed by atoms with Crippen LogP contribution in [-0.4, -0.2) is 37.7 Å². The summed E-state index contributed by atoms with van der Waals surface area (Å²) in [5, 5.41) is 0. The summed E-state index contributed by atoms with van der Waals surface area (Å²) < 4.78 is 14.6. The van der Waals surface area contributed by atoms with E-state index in [1.807, 2.05) is 0 Å². The predicted molar refractivity (Wildman–Crippen MR) is 67.2 cm³/mol. The Hall–Kier alpha value is -1.59. The van der Waals surface area contributed by atoms with Crippen LogP contribution in [0.3, 0.4) is 0 Å². The monoisotopic (exact) mass is 274 g/mol. The van der Waals surface area contributed by atoms with Gasteiger partial charge in [-0.15, -0.1) is 0 Å². The molecule has 0 rings (SSSR count). The van der Waals surface area contributed by atoms with Crippen LogP contribution < -0.4 is 0 Å². The summed E-state index contributed by atoms with van der Waals surface area (Å²) in [5.41, 5.74) is -2.00. The molecule has 0 atom stereocenters.